The number of hydrogen-bond acceptors (Lipinski definition) is 5. The molecule has 2 saturated carbocycles. The van der Waals surface area contributed by atoms with Gasteiger partial charge in [-0.3, -0.25) is 4.79 Å². The van der Waals surface area contributed by atoms with E-state index in [4.69, 9.17) is 18.9 Å². The monoisotopic (exact) mass is 328 g/mol. The van der Waals surface area contributed by atoms with Gasteiger partial charge in [0, 0.05) is 46.0 Å². The van der Waals surface area contributed by atoms with Crippen molar-refractivity contribution in [3.63, 3.8) is 0 Å². The molecule has 3 aliphatic rings. The van der Waals surface area contributed by atoms with E-state index in [1.54, 1.807) is 7.11 Å². The first-order valence-electron chi connectivity index (χ1n) is 9.07. The molecule has 0 atom stereocenters. The molecule has 0 aromatic heterocycles. The number of hydrogen-bond donors (Lipinski definition) is 0. The molecule has 23 heavy (non-hydrogen) atoms. The minimum atomic E-state index is -0.204. The van der Waals surface area contributed by atoms with Crippen molar-refractivity contribution in [2.45, 2.75) is 70.2 Å². The lowest BCUT2D eigenvalue weighted by atomic mass is 9.85. The summed E-state index contributed by atoms with van der Waals surface area (Å²) in [6.07, 6.45) is 8.13. The highest BCUT2D eigenvalue weighted by molar-refractivity contribution is 5.79. The van der Waals surface area contributed by atoms with Crippen LogP contribution in [0.5, 0.6) is 0 Å². The highest BCUT2D eigenvalue weighted by Crippen LogP contribution is 2.38. The van der Waals surface area contributed by atoms with Crippen molar-refractivity contribution in [1.82, 2.24) is 0 Å². The molecule has 0 unspecified atom stereocenters. The summed E-state index contributed by atoms with van der Waals surface area (Å²) in [5.41, 5.74) is 0. The Balaban J connectivity index is 0.000000174. The Morgan fingerprint density at radius 3 is 2.22 bits per heavy atom. The molecule has 3 rings (SSSR count). The number of carbonyl (C=O) groups excluding carboxylic acids is 1. The molecule has 0 N–H and O–H groups in total. The predicted molar refractivity (Wildman–Crippen MR) is 87.4 cm³/mol. The summed E-state index contributed by atoms with van der Waals surface area (Å²) in [4.78, 5) is 10.8. The largest absolute Gasteiger partial charge is 0.384 e. The quantitative estimate of drug-likeness (QED) is 0.794. The molecular formula is C18H32O5. The van der Waals surface area contributed by atoms with Crippen LogP contribution in [0.25, 0.3) is 0 Å². The fourth-order valence-electron chi connectivity index (χ4n) is 3.62. The minimum Gasteiger partial charge on any atom is -0.384 e. The molecule has 0 bridgehead atoms. The zero-order valence-electron chi connectivity index (χ0n) is 14.7. The lowest BCUT2D eigenvalue weighted by Crippen LogP contribution is -2.36. The van der Waals surface area contributed by atoms with Crippen LogP contribution in [0.4, 0.5) is 0 Å². The van der Waals surface area contributed by atoms with Gasteiger partial charge in [0.15, 0.2) is 5.79 Å². The molecule has 1 heterocycles. The van der Waals surface area contributed by atoms with Gasteiger partial charge in [-0.15, -0.1) is 0 Å². The highest BCUT2D eigenvalue weighted by Gasteiger charge is 2.40. The van der Waals surface area contributed by atoms with Crippen molar-refractivity contribution in [1.29, 1.82) is 0 Å². The molecule has 1 aliphatic heterocycles. The van der Waals surface area contributed by atoms with Crippen LogP contribution in [-0.4, -0.2) is 51.2 Å². The Morgan fingerprint density at radius 1 is 1.09 bits per heavy atom. The summed E-state index contributed by atoms with van der Waals surface area (Å²) < 4.78 is 21.8. The van der Waals surface area contributed by atoms with Crippen molar-refractivity contribution in [3.05, 3.63) is 0 Å². The molecule has 0 aromatic carbocycles. The first kappa shape index (κ1) is 18.8. The van der Waals surface area contributed by atoms with Gasteiger partial charge in [-0.1, -0.05) is 0 Å². The number of methoxy groups -OCH3 is 1. The lowest BCUT2D eigenvalue weighted by Gasteiger charge is -2.35. The molecule has 1 saturated heterocycles. The van der Waals surface area contributed by atoms with Crippen LogP contribution in [0.1, 0.15) is 58.3 Å². The number of Topliss-reactive ketones (excluding diaryl/α,β-unsaturated/α-hetero) is 1. The van der Waals surface area contributed by atoms with E-state index >= 15 is 0 Å². The molecule has 0 amide bonds. The molecule has 134 valence electrons. The Hall–Kier alpha value is -0.490. The van der Waals surface area contributed by atoms with E-state index in [1.807, 2.05) is 6.92 Å². The Labute approximate surface area is 140 Å². The zero-order valence-corrected chi connectivity index (χ0v) is 14.7. The summed E-state index contributed by atoms with van der Waals surface area (Å²) in [7, 11) is 1.77. The summed E-state index contributed by atoms with van der Waals surface area (Å²) in [6, 6.07) is 0. The molecule has 5 nitrogen and oxygen atoms in total. The summed E-state index contributed by atoms with van der Waals surface area (Å²) >= 11 is 0. The maximum Gasteiger partial charge on any atom is 0.168 e. The van der Waals surface area contributed by atoms with Crippen LogP contribution >= 0.6 is 0 Å². The van der Waals surface area contributed by atoms with E-state index in [9.17, 15) is 4.79 Å². The van der Waals surface area contributed by atoms with Crippen LogP contribution in [0.2, 0.25) is 0 Å². The fraction of sp³-hybridized carbons (Fsp3) is 0.944. The van der Waals surface area contributed by atoms with Crippen LogP contribution < -0.4 is 0 Å². The maximum absolute atomic E-state index is 10.8. The topological polar surface area (TPSA) is 54.0 Å². The first-order valence-corrected chi connectivity index (χ1v) is 9.07. The zero-order chi connectivity index (χ0) is 16.5. The van der Waals surface area contributed by atoms with Gasteiger partial charge in [-0.2, -0.15) is 0 Å². The second kappa shape index (κ2) is 9.72. The molecule has 1 spiro atoms. The summed E-state index contributed by atoms with van der Waals surface area (Å²) in [6.45, 7) is 5.20. The Morgan fingerprint density at radius 2 is 1.70 bits per heavy atom. The van der Waals surface area contributed by atoms with Gasteiger partial charge >= 0.3 is 0 Å². The van der Waals surface area contributed by atoms with Gasteiger partial charge in [-0.25, -0.2) is 0 Å². The lowest BCUT2D eigenvalue weighted by molar-refractivity contribution is -0.184. The van der Waals surface area contributed by atoms with Gasteiger partial charge in [0.25, 0.3) is 0 Å². The van der Waals surface area contributed by atoms with Crippen LogP contribution in [0, 0.1) is 5.92 Å². The maximum atomic E-state index is 10.8. The molecule has 0 aromatic rings. The molecular weight excluding hydrogens is 296 g/mol. The summed E-state index contributed by atoms with van der Waals surface area (Å²) in [5.74, 6) is 0.906. The number of ether oxygens (including phenoxy) is 4. The minimum absolute atomic E-state index is 0.204. The van der Waals surface area contributed by atoms with E-state index in [2.05, 4.69) is 0 Å². The third-order valence-corrected chi connectivity index (χ3v) is 4.98. The van der Waals surface area contributed by atoms with Crippen molar-refractivity contribution in [3.8, 4) is 0 Å². The molecule has 2 aliphatic carbocycles. The second-order valence-electron chi connectivity index (χ2n) is 6.70. The van der Waals surface area contributed by atoms with Gasteiger partial charge in [0.05, 0.1) is 19.3 Å². The standard InChI is InChI=1S/C10H18O3.C8H14O2/c1-11-8-9-2-4-10(5-3-9)12-6-7-13-10;1-2-10-8-5-3-7(9)4-6-8/h9H,2-8H2,1H3;8H,2-6H2,1H3. The SMILES string of the molecule is CCOC1CCC(=O)CC1.COCC1CCC2(CC1)OCCO2. The van der Waals surface area contributed by atoms with Crippen molar-refractivity contribution < 1.29 is 23.7 Å². The number of ketones is 1. The number of carbonyl (C=O) groups is 1. The van der Waals surface area contributed by atoms with Crippen molar-refractivity contribution in [2.75, 3.05) is 33.5 Å². The van der Waals surface area contributed by atoms with Gasteiger partial charge < -0.3 is 18.9 Å². The fourth-order valence-corrected chi connectivity index (χ4v) is 3.62. The van der Waals surface area contributed by atoms with Gasteiger partial charge in [0.1, 0.15) is 5.78 Å². The average Bonchev–Trinajstić information content (AvgIpc) is 3.02. The third kappa shape index (κ3) is 6.14. The smallest absolute Gasteiger partial charge is 0.168 e. The van der Waals surface area contributed by atoms with E-state index in [0.29, 0.717) is 17.8 Å². The van der Waals surface area contributed by atoms with Crippen LogP contribution in [0.3, 0.4) is 0 Å². The summed E-state index contributed by atoms with van der Waals surface area (Å²) in [5, 5.41) is 0. The van der Waals surface area contributed by atoms with Gasteiger partial charge in [-0.05, 0) is 38.5 Å². The molecule has 3 fully saturated rings. The third-order valence-electron chi connectivity index (χ3n) is 4.98. The Bertz CT molecular complexity index is 331. The van der Waals surface area contributed by atoms with E-state index in [-0.39, 0.29) is 5.79 Å². The highest BCUT2D eigenvalue weighted by atomic mass is 16.7. The number of rotatable bonds is 4. The van der Waals surface area contributed by atoms with E-state index < -0.39 is 0 Å². The van der Waals surface area contributed by atoms with Crippen LogP contribution in [-0.2, 0) is 23.7 Å². The second-order valence-corrected chi connectivity index (χ2v) is 6.70. The van der Waals surface area contributed by atoms with Crippen molar-refractivity contribution in [2.24, 2.45) is 5.92 Å². The Kier molecular flexibility index (Phi) is 7.96. The van der Waals surface area contributed by atoms with E-state index in [1.165, 1.54) is 12.8 Å². The average molecular weight is 328 g/mol. The van der Waals surface area contributed by atoms with Crippen LogP contribution in [0.15, 0.2) is 0 Å². The molecule has 5 heteroatoms. The molecule has 0 radical (unpaired) electrons. The first-order chi connectivity index (χ1) is 11.2. The van der Waals surface area contributed by atoms with Crippen molar-refractivity contribution >= 4 is 5.78 Å². The normalized spacial score (nSPS) is 25.4. The van der Waals surface area contributed by atoms with E-state index in [0.717, 1.165) is 65.0 Å². The predicted octanol–water partition coefficient (Wildman–Crippen LogP) is 3.10. The van der Waals surface area contributed by atoms with Gasteiger partial charge in [0.2, 0.25) is 0 Å².